The number of benzene rings is 1. The van der Waals surface area contributed by atoms with Crippen molar-refractivity contribution >= 4 is 0 Å². The molecule has 1 atom stereocenters. The lowest BCUT2D eigenvalue weighted by molar-refractivity contribution is 0.0614. The number of methoxy groups -OCH3 is 2. The van der Waals surface area contributed by atoms with E-state index >= 15 is 0 Å². The first-order chi connectivity index (χ1) is 9.63. The molecular formula is C16H24FNO2. The van der Waals surface area contributed by atoms with Crippen LogP contribution in [-0.4, -0.2) is 26.4 Å². The Morgan fingerprint density at radius 3 is 2.45 bits per heavy atom. The van der Waals surface area contributed by atoms with Crippen LogP contribution >= 0.6 is 0 Å². The summed E-state index contributed by atoms with van der Waals surface area (Å²) in [4.78, 5) is 0. The first kappa shape index (κ1) is 15.3. The predicted octanol–water partition coefficient (Wildman–Crippen LogP) is 3.44. The number of rotatable bonds is 5. The third-order valence-corrected chi connectivity index (χ3v) is 4.17. The highest BCUT2D eigenvalue weighted by molar-refractivity contribution is 5.30. The van der Waals surface area contributed by atoms with Crippen molar-refractivity contribution in [3.63, 3.8) is 0 Å². The van der Waals surface area contributed by atoms with E-state index in [4.69, 9.17) is 9.47 Å². The monoisotopic (exact) mass is 281 g/mol. The molecule has 1 saturated carbocycles. The second kappa shape index (κ2) is 7.04. The van der Waals surface area contributed by atoms with Gasteiger partial charge < -0.3 is 14.8 Å². The second-order valence-electron chi connectivity index (χ2n) is 5.49. The molecule has 1 aromatic carbocycles. The molecule has 0 radical (unpaired) electrons. The van der Waals surface area contributed by atoms with Crippen LogP contribution in [0.25, 0.3) is 0 Å². The third kappa shape index (κ3) is 3.70. The molecule has 1 aliphatic rings. The van der Waals surface area contributed by atoms with Gasteiger partial charge >= 0.3 is 0 Å². The van der Waals surface area contributed by atoms with Gasteiger partial charge in [0.1, 0.15) is 0 Å². The Morgan fingerprint density at radius 1 is 1.20 bits per heavy atom. The van der Waals surface area contributed by atoms with Crippen LogP contribution in [0.3, 0.4) is 0 Å². The summed E-state index contributed by atoms with van der Waals surface area (Å²) in [6.07, 6.45) is 4.82. The molecule has 1 N–H and O–H groups in total. The van der Waals surface area contributed by atoms with Crippen molar-refractivity contribution < 1.29 is 13.9 Å². The van der Waals surface area contributed by atoms with Gasteiger partial charge in [-0.3, -0.25) is 0 Å². The summed E-state index contributed by atoms with van der Waals surface area (Å²) in [5.41, 5.74) is 0.956. The maximum absolute atomic E-state index is 13.7. The molecule has 0 saturated heterocycles. The van der Waals surface area contributed by atoms with Crippen LogP contribution in [0.2, 0.25) is 0 Å². The van der Waals surface area contributed by atoms with E-state index in [1.54, 1.807) is 19.2 Å². The zero-order chi connectivity index (χ0) is 14.5. The standard InChI is InChI=1S/C16H24FNO2/c1-11(12-4-9-16(20-3)15(17)10-12)18-13-5-7-14(19-2)8-6-13/h4,9-11,13-14,18H,5-8H2,1-3H3. The van der Waals surface area contributed by atoms with Crippen molar-refractivity contribution in [1.29, 1.82) is 0 Å². The van der Waals surface area contributed by atoms with Crippen LogP contribution in [0.5, 0.6) is 5.75 Å². The lowest BCUT2D eigenvalue weighted by Crippen LogP contribution is -2.36. The minimum atomic E-state index is -0.304. The van der Waals surface area contributed by atoms with Gasteiger partial charge in [-0.05, 0) is 50.3 Å². The lowest BCUT2D eigenvalue weighted by atomic mass is 9.92. The molecule has 0 aliphatic heterocycles. The molecule has 1 aliphatic carbocycles. The molecule has 1 fully saturated rings. The predicted molar refractivity (Wildman–Crippen MR) is 77.6 cm³/mol. The van der Waals surface area contributed by atoms with E-state index in [-0.39, 0.29) is 11.9 Å². The molecule has 0 amide bonds. The van der Waals surface area contributed by atoms with Crippen molar-refractivity contribution in [2.24, 2.45) is 0 Å². The van der Waals surface area contributed by atoms with Crippen LogP contribution in [0.15, 0.2) is 18.2 Å². The maximum atomic E-state index is 13.7. The van der Waals surface area contributed by atoms with E-state index in [2.05, 4.69) is 12.2 Å². The van der Waals surface area contributed by atoms with E-state index in [0.29, 0.717) is 17.9 Å². The molecule has 0 spiro atoms. The highest BCUT2D eigenvalue weighted by Gasteiger charge is 2.22. The Bertz CT molecular complexity index is 430. The zero-order valence-corrected chi connectivity index (χ0v) is 12.5. The number of halogens is 1. The normalized spacial score (nSPS) is 24.4. The van der Waals surface area contributed by atoms with E-state index in [9.17, 15) is 4.39 Å². The zero-order valence-electron chi connectivity index (χ0n) is 12.5. The number of nitrogens with one attached hydrogen (secondary N) is 1. The van der Waals surface area contributed by atoms with Gasteiger partial charge in [-0.1, -0.05) is 6.07 Å². The Labute approximate surface area is 120 Å². The van der Waals surface area contributed by atoms with Crippen molar-refractivity contribution in [1.82, 2.24) is 5.32 Å². The largest absolute Gasteiger partial charge is 0.494 e. The van der Waals surface area contributed by atoms with Crippen molar-refractivity contribution in [2.45, 2.75) is 50.8 Å². The summed E-state index contributed by atoms with van der Waals surface area (Å²) in [6, 6.07) is 5.78. The van der Waals surface area contributed by atoms with E-state index in [1.165, 1.54) is 7.11 Å². The summed E-state index contributed by atoms with van der Waals surface area (Å²) in [5.74, 6) is -0.0108. The van der Waals surface area contributed by atoms with Gasteiger partial charge in [-0.2, -0.15) is 0 Å². The van der Waals surface area contributed by atoms with Crippen molar-refractivity contribution in [3.05, 3.63) is 29.6 Å². The molecule has 0 aromatic heterocycles. The van der Waals surface area contributed by atoms with Crippen LogP contribution in [0.1, 0.15) is 44.2 Å². The van der Waals surface area contributed by atoms with Gasteiger partial charge in [0.2, 0.25) is 0 Å². The van der Waals surface area contributed by atoms with Gasteiger partial charge in [0.15, 0.2) is 11.6 Å². The summed E-state index contributed by atoms with van der Waals surface area (Å²) >= 11 is 0. The fourth-order valence-electron chi connectivity index (χ4n) is 2.87. The maximum Gasteiger partial charge on any atom is 0.165 e. The van der Waals surface area contributed by atoms with Gasteiger partial charge in [0.25, 0.3) is 0 Å². The summed E-state index contributed by atoms with van der Waals surface area (Å²) < 4.78 is 24.0. The lowest BCUT2D eigenvalue weighted by Gasteiger charge is -2.30. The number of hydrogen-bond acceptors (Lipinski definition) is 3. The van der Waals surface area contributed by atoms with Gasteiger partial charge in [0.05, 0.1) is 13.2 Å². The average molecular weight is 281 g/mol. The fourth-order valence-corrected chi connectivity index (χ4v) is 2.87. The minimum absolute atomic E-state index is 0.138. The topological polar surface area (TPSA) is 30.5 Å². The first-order valence-electron chi connectivity index (χ1n) is 7.26. The highest BCUT2D eigenvalue weighted by atomic mass is 19.1. The summed E-state index contributed by atoms with van der Waals surface area (Å²) in [6.45, 7) is 2.07. The Morgan fingerprint density at radius 2 is 1.90 bits per heavy atom. The van der Waals surface area contributed by atoms with Crippen LogP contribution in [0.4, 0.5) is 4.39 Å². The molecule has 20 heavy (non-hydrogen) atoms. The van der Waals surface area contributed by atoms with Crippen LogP contribution < -0.4 is 10.1 Å². The number of ether oxygens (including phenoxy) is 2. The number of hydrogen-bond donors (Lipinski definition) is 1. The quantitative estimate of drug-likeness (QED) is 0.896. The Balaban J connectivity index is 1.91. The molecule has 0 heterocycles. The van der Waals surface area contributed by atoms with Crippen LogP contribution in [0, 0.1) is 5.82 Å². The molecule has 3 nitrogen and oxygen atoms in total. The first-order valence-corrected chi connectivity index (χ1v) is 7.26. The molecular weight excluding hydrogens is 257 g/mol. The summed E-state index contributed by atoms with van der Waals surface area (Å²) in [7, 11) is 3.26. The molecule has 1 unspecified atom stereocenters. The average Bonchev–Trinajstić information content (AvgIpc) is 2.48. The van der Waals surface area contributed by atoms with E-state index in [0.717, 1.165) is 31.2 Å². The molecule has 4 heteroatoms. The molecule has 0 bridgehead atoms. The SMILES string of the molecule is COc1ccc(C(C)NC2CCC(OC)CC2)cc1F. The Kier molecular flexibility index (Phi) is 5.38. The van der Waals surface area contributed by atoms with Gasteiger partial charge in [-0.15, -0.1) is 0 Å². The smallest absolute Gasteiger partial charge is 0.165 e. The third-order valence-electron chi connectivity index (χ3n) is 4.17. The summed E-state index contributed by atoms with van der Waals surface area (Å²) in [5, 5.41) is 3.58. The van der Waals surface area contributed by atoms with Crippen LogP contribution in [-0.2, 0) is 4.74 Å². The van der Waals surface area contributed by atoms with Crippen molar-refractivity contribution in [3.8, 4) is 5.75 Å². The van der Waals surface area contributed by atoms with Gasteiger partial charge in [0, 0.05) is 19.2 Å². The second-order valence-corrected chi connectivity index (χ2v) is 5.49. The van der Waals surface area contributed by atoms with E-state index in [1.807, 2.05) is 6.07 Å². The highest BCUT2D eigenvalue weighted by Crippen LogP contribution is 2.25. The fraction of sp³-hybridized carbons (Fsp3) is 0.625. The Hall–Kier alpha value is -1.13. The van der Waals surface area contributed by atoms with Gasteiger partial charge in [-0.25, -0.2) is 4.39 Å². The molecule has 1 aromatic rings. The van der Waals surface area contributed by atoms with Crippen molar-refractivity contribution in [2.75, 3.05) is 14.2 Å². The minimum Gasteiger partial charge on any atom is -0.494 e. The molecule has 2 rings (SSSR count). The molecule has 112 valence electrons. The van der Waals surface area contributed by atoms with E-state index < -0.39 is 0 Å².